The maximum atomic E-state index is 6.09. The third-order valence-electron chi connectivity index (χ3n) is 3.74. The molecule has 1 atom stereocenters. The summed E-state index contributed by atoms with van der Waals surface area (Å²) in [5, 5.41) is 0. The Morgan fingerprint density at radius 2 is 1.76 bits per heavy atom. The van der Waals surface area contributed by atoms with Crippen molar-refractivity contribution in [3.8, 4) is 17.6 Å². The van der Waals surface area contributed by atoms with Gasteiger partial charge in [-0.25, -0.2) is 0 Å². The molecule has 0 amide bonds. The van der Waals surface area contributed by atoms with Crippen LogP contribution in [-0.2, 0) is 10.3 Å². The molecule has 21 heavy (non-hydrogen) atoms. The standard InChI is InChI=1S/C19H18O2/c1-19(2)17-7-5-4-6-16(17)18(21-19)13-10-14-8-11-15(20-3)12-9-14/h4-9,11-12,18H,1-3H3/t18-/m1/s1. The van der Waals surface area contributed by atoms with E-state index in [9.17, 15) is 0 Å². The summed E-state index contributed by atoms with van der Waals surface area (Å²) in [6.45, 7) is 4.17. The lowest BCUT2D eigenvalue weighted by atomic mass is 9.95. The maximum absolute atomic E-state index is 6.09. The zero-order valence-corrected chi connectivity index (χ0v) is 12.5. The summed E-state index contributed by atoms with van der Waals surface area (Å²) in [6.07, 6.45) is -0.168. The van der Waals surface area contributed by atoms with Crippen LogP contribution >= 0.6 is 0 Å². The van der Waals surface area contributed by atoms with Crippen LogP contribution in [0.2, 0.25) is 0 Å². The zero-order valence-electron chi connectivity index (χ0n) is 12.5. The highest BCUT2D eigenvalue weighted by molar-refractivity contribution is 5.44. The molecule has 106 valence electrons. The van der Waals surface area contributed by atoms with Gasteiger partial charge in [-0.05, 0) is 49.2 Å². The topological polar surface area (TPSA) is 18.5 Å². The second-order valence-electron chi connectivity index (χ2n) is 5.59. The first-order valence-electron chi connectivity index (χ1n) is 7.03. The van der Waals surface area contributed by atoms with Gasteiger partial charge >= 0.3 is 0 Å². The fourth-order valence-electron chi connectivity index (χ4n) is 2.63. The van der Waals surface area contributed by atoms with Crippen molar-refractivity contribution < 1.29 is 9.47 Å². The number of rotatable bonds is 1. The fraction of sp³-hybridized carbons (Fsp3) is 0.263. The minimum absolute atomic E-state index is 0.168. The van der Waals surface area contributed by atoms with Gasteiger partial charge in [0.2, 0.25) is 0 Å². The molecule has 0 bridgehead atoms. The van der Waals surface area contributed by atoms with Crippen LogP contribution < -0.4 is 4.74 Å². The van der Waals surface area contributed by atoms with Gasteiger partial charge in [-0.15, -0.1) is 0 Å². The van der Waals surface area contributed by atoms with Crippen molar-refractivity contribution in [2.24, 2.45) is 0 Å². The molecule has 0 aromatic heterocycles. The molecule has 0 spiro atoms. The normalized spacial score (nSPS) is 18.5. The number of methoxy groups -OCH3 is 1. The zero-order chi connectivity index (χ0) is 14.9. The van der Waals surface area contributed by atoms with E-state index in [0.29, 0.717) is 0 Å². The van der Waals surface area contributed by atoms with E-state index in [0.717, 1.165) is 11.3 Å². The molecule has 0 radical (unpaired) electrons. The monoisotopic (exact) mass is 278 g/mol. The third kappa shape index (κ3) is 2.66. The van der Waals surface area contributed by atoms with Gasteiger partial charge in [0.15, 0.2) is 0 Å². The minimum atomic E-state index is -0.282. The largest absolute Gasteiger partial charge is 0.497 e. The first kappa shape index (κ1) is 13.7. The van der Waals surface area contributed by atoms with Crippen molar-refractivity contribution in [3.05, 3.63) is 65.2 Å². The Bertz CT molecular complexity index is 702. The summed E-state index contributed by atoms with van der Waals surface area (Å²) < 4.78 is 11.2. The van der Waals surface area contributed by atoms with E-state index >= 15 is 0 Å². The summed E-state index contributed by atoms with van der Waals surface area (Å²) in [7, 11) is 1.66. The Hall–Kier alpha value is -2.24. The highest BCUT2D eigenvalue weighted by atomic mass is 16.5. The van der Waals surface area contributed by atoms with Crippen LogP contribution in [-0.4, -0.2) is 7.11 Å². The summed E-state index contributed by atoms with van der Waals surface area (Å²) in [5.41, 5.74) is 3.07. The molecule has 0 saturated carbocycles. The lowest BCUT2D eigenvalue weighted by Gasteiger charge is -2.18. The summed E-state index contributed by atoms with van der Waals surface area (Å²) in [5.74, 6) is 7.26. The van der Waals surface area contributed by atoms with Crippen molar-refractivity contribution in [3.63, 3.8) is 0 Å². The molecule has 0 saturated heterocycles. The van der Waals surface area contributed by atoms with E-state index in [1.54, 1.807) is 7.11 Å². The second kappa shape index (κ2) is 5.27. The van der Waals surface area contributed by atoms with Crippen molar-refractivity contribution >= 4 is 0 Å². The first-order valence-corrected chi connectivity index (χ1v) is 7.03. The Labute approximate surface area is 125 Å². The first-order chi connectivity index (χ1) is 10.1. The lowest BCUT2D eigenvalue weighted by molar-refractivity contribution is -0.0267. The van der Waals surface area contributed by atoms with Crippen LogP contribution in [0.3, 0.4) is 0 Å². The molecule has 2 heteroatoms. The summed E-state index contributed by atoms with van der Waals surface area (Å²) >= 11 is 0. The van der Waals surface area contributed by atoms with Crippen LogP contribution in [0.5, 0.6) is 5.75 Å². The molecule has 3 rings (SSSR count). The summed E-state index contributed by atoms with van der Waals surface area (Å²) in [4.78, 5) is 0. The molecule has 1 aliphatic rings. The van der Waals surface area contributed by atoms with Crippen LogP contribution in [0.15, 0.2) is 48.5 Å². The average molecular weight is 278 g/mol. The van der Waals surface area contributed by atoms with Crippen LogP contribution in [0.1, 0.15) is 36.6 Å². The van der Waals surface area contributed by atoms with Gasteiger partial charge in [-0.3, -0.25) is 0 Å². The number of fused-ring (bicyclic) bond motifs is 1. The molecule has 2 nitrogen and oxygen atoms in total. The van der Waals surface area contributed by atoms with Crippen LogP contribution in [0, 0.1) is 11.8 Å². The molecule has 2 aromatic rings. The maximum Gasteiger partial charge on any atom is 0.145 e. The molecular weight excluding hydrogens is 260 g/mol. The molecular formula is C19H18O2. The average Bonchev–Trinajstić information content (AvgIpc) is 2.77. The van der Waals surface area contributed by atoms with E-state index in [1.165, 1.54) is 11.1 Å². The van der Waals surface area contributed by atoms with Gasteiger partial charge in [0.05, 0.1) is 12.7 Å². The highest BCUT2D eigenvalue weighted by Gasteiger charge is 2.36. The van der Waals surface area contributed by atoms with Gasteiger partial charge in [0.25, 0.3) is 0 Å². The smallest absolute Gasteiger partial charge is 0.145 e. The van der Waals surface area contributed by atoms with E-state index in [-0.39, 0.29) is 11.7 Å². The molecule has 2 aromatic carbocycles. The predicted molar refractivity (Wildman–Crippen MR) is 83.2 cm³/mol. The van der Waals surface area contributed by atoms with Crippen molar-refractivity contribution in [2.75, 3.05) is 7.11 Å². The van der Waals surface area contributed by atoms with Gasteiger partial charge < -0.3 is 9.47 Å². The molecule has 0 aliphatic carbocycles. The Morgan fingerprint density at radius 1 is 1.05 bits per heavy atom. The minimum Gasteiger partial charge on any atom is -0.497 e. The van der Waals surface area contributed by atoms with Crippen LogP contribution in [0.4, 0.5) is 0 Å². The number of benzene rings is 2. The van der Waals surface area contributed by atoms with E-state index in [1.807, 2.05) is 36.4 Å². The number of hydrogen-bond acceptors (Lipinski definition) is 2. The fourth-order valence-corrected chi connectivity index (χ4v) is 2.63. The third-order valence-corrected chi connectivity index (χ3v) is 3.74. The Kier molecular flexibility index (Phi) is 3.45. The quantitative estimate of drug-likeness (QED) is 0.733. The lowest BCUT2D eigenvalue weighted by Crippen LogP contribution is -2.15. The van der Waals surface area contributed by atoms with E-state index in [4.69, 9.17) is 9.47 Å². The second-order valence-corrected chi connectivity index (χ2v) is 5.59. The van der Waals surface area contributed by atoms with Crippen LogP contribution in [0.25, 0.3) is 0 Å². The Morgan fingerprint density at radius 3 is 2.48 bits per heavy atom. The van der Waals surface area contributed by atoms with Crippen molar-refractivity contribution in [1.82, 2.24) is 0 Å². The predicted octanol–water partition coefficient (Wildman–Crippen LogP) is 4.05. The highest BCUT2D eigenvalue weighted by Crippen LogP contribution is 2.42. The molecule has 1 heterocycles. The number of ether oxygens (including phenoxy) is 2. The molecule has 0 unspecified atom stereocenters. The molecule has 1 aliphatic heterocycles. The molecule has 0 N–H and O–H groups in total. The van der Waals surface area contributed by atoms with Gasteiger partial charge in [0.1, 0.15) is 11.9 Å². The van der Waals surface area contributed by atoms with E-state index in [2.05, 4.69) is 37.8 Å². The van der Waals surface area contributed by atoms with Gasteiger partial charge in [-0.1, -0.05) is 36.1 Å². The Balaban J connectivity index is 1.88. The van der Waals surface area contributed by atoms with Gasteiger partial charge in [0, 0.05) is 5.56 Å². The number of hydrogen-bond donors (Lipinski definition) is 0. The van der Waals surface area contributed by atoms with Gasteiger partial charge in [-0.2, -0.15) is 0 Å². The SMILES string of the molecule is COc1ccc(C#C[C@H]2OC(C)(C)c3ccccc32)cc1. The van der Waals surface area contributed by atoms with Crippen molar-refractivity contribution in [2.45, 2.75) is 25.6 Å². The molecule has 0 fully saturated rings. The summed E-state index contributed by atoms with van der Waals surface area (Å²) in [6, 6.07) is 16.0. The van der Waals surface area contributed by atoms with E-state index < -0.39 is 0 Å². The van der Waals surface area contributed by atoms with Crippen molar-refractivity contribution in [1.29, 1.82) is 0 Å².